The topological polar surface area (TPSA) is 61.4 Å². The third-order valence-corrected chi connectivity index (χ3v) is 3.85. The molecule has 4 nitrogen and oxygen atoms in total. The molecule has 1 saturated heterocycles. The summed E-state index contributed by atoms with van der Waals surface area (Å²) in [6, 6.07) is 0.190. The van der Waals surface area contributed by atoms with Crippen molar-refractivity contribution in [2.24, 2.45) is 5.92 Å². The van der Waals surface area contributed by atoms with Crippen LogP contribution in [0.2, 0.25) is 0 Å². The summed E-state index contributed by atoms with van der Waals surface area (Å²) in [4.78, 5) is 12.0. The zero-order valence-corrected chi connectivity index (χ0v) is 9.74. The van der Waals surface area contributed by atoms with E-state index in [2.05, 4.69) is 10.6 Å². The lowest BCUT2D eigenvalue weighted by Gasteiger charge is -2.26. The summed E-state index contributed by atoms with van der Waals surface area (Å²) in [6.07, 6.45) is 6.44. The molecule has 1 saturated carbocycles. The van der Waals surface area contributed by atoms with Crippen molar-refractivity contribution in [3.8, 4) is 0 Å². The summed E-state index contributed by atoms with van der Waals surface area (Å²) < 4.78 is 0. The molecule has 4 heteroatoms. The summed E-state index contributed by atoms with van der Waals surface area (Å²) in [5.74, 6) is 0.401. The lowest BCUT2D eigenvalue weighted by atomic mass is 10.0. The van der Waals surface area contributed by atoms with Gasteiger partial charge in [-0.1, -0.05) is 12.8 Å². The fourth-order valence-corrected chi connectivity index (χ4v) is 2.80. The van der Waals surface area contributed by atoms with Crippen LogP contribution in [0, 0.1) is 5.92 Å². The Morgan fingerprint density at radius 3 is 2.81 bits per heavy atom. The fourth-order valence-electron chi connectivity index (χ4n) is 2.80. The molecule has 0 aromatic heterocycles. The van der Waals surface area contributed by atoms with Gasteiger partial charge in [-0.15, -0.1) is 0 Å². The molecule has 92 valence electrons. The Kier molecular flexibility index (Phi) is 4.18. The van der Waals surface area contributed by atoms with Gasteiger partial charge in [-0.2, -0.15) is 0 Å². The Labute approximate surface area is 96.8 Å². The van der Waals surface area contributed by atoms with E-state index >= 15 is 0 Å². The second-order valence-corrected chi connectivity index (χ2v) is 4.99. The van der Waals surface area contributed by atoms with Crippen molar-refractivity contribution in [3.05, 3.63) is 0 Å². The van der Waals surface area contributed by atoms with Crippen LogP contribution in [0.5, 0.6) is 0 Å². The quantitative estimate of drug-likeness (QED) is 0.653. The van der Waals surface area contributed by atoms with Crippen LogP contribution in [0.4, 0.5) is 0 Å². The summed E-state index contributed by atoms with van der Waals surface area (Å²) in [6.45, 7) is 1.15. The standard InChI is InChI=1S/C12H22N2O2/c15-8-9-4-3-6-10(9)14-12(16)11-5-1-2-7-13-11/h9-11,13,15H,1-8H2,(H,14,16)/t9?,10?,11-/m0/s1. The molecule has 1 aliphatic heterocycles. The minimum absolute atomic E-state index is 0.00584. The number of aliphatic hydroxyl groups excluding tert-OH is 1. The molecular formula is C12H22N2O2. The van der Waals surface area contributed by atoms with E-state index in [-0.39, 0.29) is 30.5 Å². The molecule has 0 aromatic carbocycles. The third kappa shape index (κ3) is 2.74. The average Bonchev–Trinajstić information content (AvgIpc) is 2.77. The van der Waals surface area contributed by atoms with Crippen molar-refractivity contribution in [1.82, 2.24) is 10.6 Å². The van der Waals surface area contributed by atoms with Crippen LogP contribution < -0.4 is 10.6 Å². The highest BCUT2D eigenvalue weighted by atomic mass is 16.3. The van der Waals surface area contributed by atoms with Crippen LogP contribution in [-0.4, -0.2) is 36.2 Å². The molecular weight excluding hydrogens is 204 g/mol. The van der Waals surface area contributed by atoms with Crippen LogP contribution in [0.1, 0.15) is 38.5 Å². The lowest BCUT2D eigenvalue weighted by Crippen LogP contribution is -2.50. The molecule has 2 unspecified atom stereocenters. The first-order valence-corrected chi connectivity index (χ1v) is 6.46. The van der Waals surface area contributed by atoms with Crippen LogP contribution in [0.25, 0.3) is 0 Å². The van der Waals surface area contributed by atoms with Crippen LogP contribution >= 0.6 is 0 Å². The highest BCUT2D eigenvalue weighted by molar-refractivity contribution is 5.82. The predicted molar refractivity (Wildman–Crippen MR) is 62.0 cm³/mol. The number of carbonyl (C=O) groups is 1. The molecule has 16 heavy (non-hydrogen) atoms. The number of nitrogens with one attached hydrogen (secondary N) is 2. The normalized spacial score (nSPS) is 34.9. The number of hydrogen-bond donors (Lipinski definition) is 3. The van der Waals surface area contributed by atoms with Gasteiger partial charge < -0.3 is 15.7 Å². The summed E-state index contributed by atoms with van der Waals surface area (Å²) in [5, 5.41) is 15.5. The Bertz CT molecular complexity index is 239. The highest BCUT2D eigenvalue weighted by Crippen LogP contribution is 2.25. The number of hydrogen-bond acceptors (Lipinski definition) is 3. The Morgan fingerprint density at radius 1 is 1.25 bits per heavy atom. The van der Waals surface area contributed by atoms with Gasteiger partial charge in [-0.3, -0.25) is 4.79 Å². The molecule has 1 aliphatic carbocycles. The smallest absolute Gasteiger partial charge is 0.237 e. The number of aliphatic hydroxyl groups is 1. The van der Waals surface area contributed by atoms with Crippen molar-refractivity contribution < 1.29 is 9.90 Å². The zero-order valence-electron chi connectivity index (χ0n) is 9.74. The van der Waals surface area contributed by atoms with E-state index in [0.29, 0.717) is 0 Å². The van der Waals surface area contributed by atoms with Crippen molar-refractivity contribution >= 4 is 5.91 Å². The number of carbonyl (C=O) groups excluding carboxylic acids is 1. The monoisotopic (exact) mass is 226 g/mol. The molecule has 2 aliphatic rings. The third-order valence-electron chi connectivity index (χ3n) is 3.85. The molecule has 0 aromatic rings. The minimum atomic E-state index is -0.00584. The van der Waals surface area contributed by atoms with E-state index in [0.717, 1.165) is 38.6 Å². The van der Waals surface area contributed by atoms with Crippen LogP contribution in [-0.2, 0) is 4.79 Å². The van der Waals surface area contributed by atoms with Gasteiger partial charge in [0.05, 0.1) is 6.04 Å². The first kappa shape index (κ1) is 11.9. The second-order valence-electron chi connectivity index (χ2n) is 4.99. The number of amides is 1. The molecule has 0 bridgehead atoms. The molecule has 0 radical (unpaired) electrons. The van der Waals surface area contributed by atoms with Crippen molar-refractivity contribution in [3.63, 3.8) is 0 Å². The largest absolute Gasteiger partial charge is 0.396 e. The fraction of sp³-hybridized carbons (Fsp3) is 0.917. The summed E-state index contributed by atoms with van der Waals surface area (Å²) in [7, 11) is 0. The lowest BCUT2D eigenvalue weighted by molar-refractivity contribution is -0.124. The van der Waals surface area contributed by atoms with Crippen molar-refractivity contribution in [1.29, 1.82) is 0 Å². The van der Waals surface area contributed by atoms with Crippen molar-refractivity contribution in [2.75, 3.05) is 13.2 Å². The molecule has 1 heterocycles. The maximum Gasteiger partial charge on any atom is 0.237 e. The van der Waals surface area contributed by atoms with E-state index in [1.807, 2.05) is 0 Å². The molecule has 2 fully saturated rings. The predicted octanol–water partition coefficient (Wildman–Crippen LogP) is 0.406. The SMILES string of the molecule is O=C(NC1CCCC1CO)[C@@H]1CCCCN1. The van der Waals surface area contributed by atoms with E-state index in [9.17, 15) is 9.90 Å². The van der Waals surface area contributed by atoms with Gasteiger partial charge in [0.15, 0.2) is 0 Å². The zero-order chi connectivity index (χ0) is 11.4. The second kappa shape index (κ2) is 5.64. The number of piperidine rings is 1. The van der Waals surface area contributed by atoms with Gasteiger partial charge in [0.2, 0.25) is 5.91 Å². The Balaban J connectivity index is 1.81. The van der Waals surface area contributed by atoms with Crippen LogP contribution in [0.15, 0.2) is 0 Å². The Hall–Kier alpha value is -0.610. The van der Waals surface area contributed by atoms with Crippen LogP contribution in [0.3, 0.4) is 0 Å². The van der Waals surface area contributed by atoms with Gasteiger partial charge in [0.25, 0.3) is 0 Å². The van der Waals surface area contributed by atoms with Gasteiger partial charge in [-0.25, -0.2) is 0 Å². The van der Waals surface area contributed by atoms with Crippen molar-refractivity contribution in [2.45, 2.75) is 50.6 Å². The highest BCUT2D eigenvalue weighted by Gasteiger charge is 2.30. The summed E-state index contributed by atoms with van der Waals surface area (Å²) >= 11 is 0. The summed E-state index contributed by atoms with van der Waals surface area (Å²) in [5.41, 5.74) is 0. The maximum absolute atomic E-state index is 12.0. The first-order valence-electron chi connectivity index (χ1n) is 6.46. The first-order chi connectivity index (χ1) is 7.81. The van der Waals surface area contributed by atoms with E-state index < -0.39 is 0 Å². The van der Waals surface area contributed by atoms with Gasteiger partial charge >= 0.3 is 0 Å². The molecule has 3 atom stereocenters. The maximum atomic E-state index is 12.0. The average molecular weight is 226 g/mol. The Morgan fingerprint density at radius 2 is 2.12 bits per heavy atom. The molecule has 2 rings (SSSR count). The van der Waals surface area contributed by atoms with E-state index in [1.165, 1.54) is 6.42 Å². The molecule has 3 N–H and O–H groups in total. The van der Waals surface area contributed by atoms with E-state index in [1.54, 1.807) is 0 Å². The van der Waals surface area contributed by atoms with E-state index in [4.69, 9.17) is 0 Å². The molecule has 1 amide bonds. The van der Waals surface area contributed by atoms with Gasteiger partial charge in [0.1, 0.15) is 0 Å². The number of rotatable bonds is 3. The van der Waals surface area contributed by atoms with Gasteiger partial charge in [-0.05, 0) is 32.2 Å². The minimum Gasteiger partial charge on any atom is -0.396 e. The molecule has 0 spiro atoms. The van der Waals surface area contributed by atoms with Gasteiger partial charge in [0, 0.05) is 18.6 Å².